The number of likely N-dealkylation sites (N-methyl/N-ethyl adjacent to an activating group) is 1. The van der Waals surface area contributed by atoms with Crippen LogP contribution in [0.2, 0.25) is 0 Å². The Kier molecular flexibility index (Phi) is 4.75. The van der Waals surface area contributed by atoms with Gasteiger partial charge in [0.2, 0.25) is 11.7 Å². The lowest BCUT2D eigenvalue weighted by Gasteiger charge is -2.35. The molecule has 1 N–H and O–H groups in total. The summed E-state index contributed by atoms with van der Waals surface area (Å²) in [5.74, 6) is -1.79. The van der Waals surface area contributed by atoms with Crippen LogP contribution in [-0.4, -0.2) is 35.1 Å². The average Bonchev–Trinajstić information content (AvgIpc) is 3.47. The first-order valence-corrected chi connectivity index (χ1v) is 10.8. The monoisotopic (exact) mass is 495 g/mol. The second-order valence-electron chi connectivity index (χ2n) is 8.07. The summed E-state index contributed by atoms with van der Waals surface area (Å²) >= 11 is 3.48. The number of rotatable bonds is 4. The summed E-state index contributed by atoms with van der Waals surface area (Å²) in [7, 11) is 1.80. The number of nitro groups is 1. The first-order chi connectivity index (χ1) is 15.3. The van der Waals surface area contributed by atoms with Gasteiger partial charge in [-0.1, -0.05) is 28.1 Å². The van der Waals surface area contributed by atoms with E-state index < -0.39 is 22.3 Å². The van der Waals surface area contributed by atoms with E-state index in [1.807, 2.05) is 17.0 Å². The molecule has 0 radical (unpaired) electrons. The highest BCUT2D eigenvalue weighted by molar-refractivity contribution is 9.10. The fraction of sp³-hybridized carbons (Fsp3) is 0.217. The topological polar surface area (TPSA) is 106 Å². The number of benzene rings is 2. The van der Waals surface area contributed by atoms with E-state index in [9.17, 15) is 19.7 Å². The molecule has 0 aliphatic carbocycles. The Morgan fingerprint density at radius 1 is 1.25 bits per heavy atom. The Morgan fingerprint density at radius 2 is 2.06 bits per heavy atom. The van der Waals surface area contributed by atoms with Crippen molar-refractivity contribution in [3.05, 3.63) is 92.3 Å². The van der Waals surface area contributed by atoms with Crippen LogP contribution in [0.5, 0.6) is 0 Å². The first kappa shape index (κ1) is 20.6. The Bertz CT molecular complexity index is 1260. The third kappa shape index (κ3) is 2.85. The summed E-state index contributed by atoms with van der Waals surface area (Å²) in [4.78, 5) is 40.2. The third-order valence-corrected chi connectivity index (χ3v) is 6.96. The Hall–Kier alpha value is -3.30. The van der Waals surface area contributed by atoms with E-state index in [0.29, 0.717) is 23.4 Å². The number of furan rings is 1. The van der Waals surface area contributed by atoms with E-state index in [1.54, 1.807) is 37.4 Å². The van der Waals surface area contributed by atoms with Gasteiger partial charge in [-0.15, -0.1) is 0 Å². The van der Waals surface area contributed by atoms with E-state index in [1.165, 1.54) is 18.4 Å². The van der Waals surface area contributed by atoms with Crippen LogP contribution < -0.4 is 5.32 Å². The first-order valence-electron chi connectivity index (χ1n) is 9.99. The molecule has 2 aromatic carbocycles. The SMILES string of the molecule is CN1C[C@@H](c2cccc([N+](=O)[O-])c2)[C@H](C(=O)c2ccco2)[C@]12C(=O)Nc1ccc(Br)cc12. The molecule has 1 spiro atoms. The highest BCUT2D eigenvalue weighted by Gasteiger charge is 2.64. The van der Waals surface area contributed by atoms with Crippen molar-refractivity contribution in [2.75, 3.05) is 18.9 Å². The molecule has 2 aliphatic rings. The zero-order chi connectivity index (χ0) is 22.6. The van der Waals surface area contributed by atoms with Crippen LogP contribution in [-0.2, 0) is 10.3 Å². The van der Waals surface area contributed by atoms with Gasteiger partial charge in [-0.2, -0.15) is 0 Å². The summed E-state index contributed by atoms with van der Waals surface area (Å²) in [6.45, 7) is 0.359. The van der Waals surface area contributed by atoms with Gasteiger partial charge < -0.3 is 9.73 Å². The van der Waals surface area contributed by atoms with Crippen molar-refractivity contribution in [2.45, 2.75) is 11.5 Å². The average molecular weight is 496 g/mol. The van der Waals surface area contributed by atoms with Gasteiger partial charge in [-0.05, 0) is 42.9 Å². The van der Waals surface area contributed by atoms with Crippen LogP contribution in [0.1, 0.15) is 27.6 Å². The van der Waals surface area contributed by atoms with Crippen molar-refractivity contribution < 1.29 is 18.9 Å². The summed E-state index contributed by atoms with van der Waals surface area (Å²) in [5.41, 5.74) is 0.621. The molecule has 1 aromatic heterocycles. The molecule has 0 bridgehead atoms. The van der Waals surface area contributed by atoms with E-state index in [-0.39, 0.29) is 23.1 Å². The molecule has 8 nitrogen and oxygen atoms in total. The van der Waals surface area contributed by atoms with Gasteiger partial charge in [0.25, 0.3) is 5.69 Å². The number of anilines is 1. The van der Waals surface area contributed by atoms with Crippen LogP contribution in [0.4, 0.5) is 11.4 Å². The third-order valence-electron chi connectivity index (χ3n) is 6.47. The van der Waals surface area contributed by atoms with Crippen molar-refractivity contribution in [1.29, 1.82) is 0 Å². The molecular formula is C23H18BrN3O5. The zero-order valence-corrected chi connectivity index (χ0v) is 18.5. The Labute approximate surface area is 191 Å². The minimum Gasteiger partial charge on any atom is -0.461 e. The summed E-state index contributed by atoms with van der Waals surface area (Å²) in [6.07, 6.45) is 1.42. The molecule has 3 aromatic rings. The van der Waals surface area contributed by atoms with Crippen LogP contribution in [0.15, 0.2) is 69.8 Å². The molecule has 32 heavy (non-hydrogen) atoms. The molecule has 162 valence electrons. The predicted octanol–water partition coefficient (Wildman–Crippen LogP) is 4.33. The standard InChI is InChI=1S/C23H18BrN3O5/c1-26-12-16(13-4-2-5-15(10-13)27(30)31)20(21(28)19-6-3-9-32-19)23(26)17-11-14(24)7-8-18(17)25-22(23)29/h2-11,16,20H,12H2,1H3,(H,25,29)/t16-,20+,23+/m0/s1. The van der Waals surface area contributed by atoms with Crippen LogP contribution in [0.25, 0.3) is 0 Å². The maximum atomic E-state index is 13.8. The highest BCUT2D eigenvalue weighted by Crippen LogP contribution is 2.56. The smallest absolute Gasteiger partial charge is 0.269 e. The molecule has 9 heteroatoms. The Morgan fingerprint density at radius 3 is 2.78 bits per heavy atom. The van der Waals surface area contributed by atoms with E-state index in [0.717, 1.165) is 4.47 Å². The molecule has 1 saturated heterocycles. The second kappa shape index (κ2) is 7.39. The van der Waals surface area contributed by atoms with Crippen molar-refractivity contribution in [2.24, 2.45) is 5.92 Å². The number of halogens is 1. The number of carbonyl (C=O) groups is 2. The number of nitro benzene ring substituents is 1. The van der Waals surface area contributed by atoms with Crippen LogP contribution in [0.3, 0.4) is 0 Å². The maximum Gasteiger partial charge on any atom is 0.269 e. The lowest BCUT2D eigenvalue weighted by Crippen LogP contribution is -2.51. The Balaban J connectivity index is 1.74. The highest BCUT2D eigenvalue weighted by atomic mass is 79.9. The number of carbonyl (C=O) groups excluding carboxylic acids is 2. The van der Waals surface area contributed by atoms with Crippen molar-refractivity contribution in [1.82, 2.24) is 4.90 Å². The lowest BCUT2D eigenvalue weighted by atomic mass is 9.71. The minimum atomic E-state index is -1.28. The molecule has 3 heterocycles. The lowest BCUT2D eigenvalue weighted by molar-refractivity contribution is -0.384. The summed E-state index contributed by atoms with van der Waals surface area (Å²) in [5, 5.41) is 14.3. The molecule has 1 fully saturated rings. The van der Waals surface area contributed by atoms with E-state index in [4.69, 9.17) is 4.42 Å². The number of nitrogens with zero attached hydrogens (tertiary/aromatic N) is 2. The number of likely N-dealkylation sites (tertiary alicyclic amines) is 1. The number of fused-ring (bicyclic) bond motifs is 2. The van der Waals surface area contributed by atoms with Crippen molar-refractivity contribution in [3.8, 4) is 0 Å². The second-order valence-corrected chi connectivity index (χ2v) is 8.98. The van der Waals surface area contributed by atoms with Crippen molar-refractivity contribution in [3.63, 3.8) is 0 Å². The largest absolute Gasteiger partial charge is 0.461 e. The number of hydrogen-bond acceptors (Lipinski definition) is 6. The van der Waals surface area contributed by atoms with Gasteiger partial charge in [0.1, 0.15) is 5.54 Å². The molecular weight excluding hydrogens is 478 g/mol. The van der Waals surface area contributed by atoms with Crippen LogP contribution in [0, 0.1) is 16.0 Å². The van der Waals surface area contributed by atoms with Gasteiger partial charge in [-0.3, -0.25) is 24.6 Å². The predicted molar refractivity (Wildman–Crippen MR) is 119 cm³/mol. The molecule has 0 saturated carbocycles. The number of hydrogen-bond donors (Lipinski definition) is 1. The number of non-ortho nitro benzene ring substituents is 1. The minimum absolute atomic E-state index is 0.0608. The summed E-state index contributed by atoms with van der Waals surface area (Å²) in [6, 6.07) is 14.9. The van der Waals surface area contributed by atoms with Gasteiger partial charge in [0.15, 0.2) is 5.76 Å². The normalized spacial score (nSPS) is 24.5. The quantitative estimate of drug-likeness (QED) is 0.328. The number of ketones is 1. The fourth-order valence-electron chi connectivity index (χ4n) is 5.15. The summed E-state index contributed by atoms with van der Waals surface area (Å²) < 4.78 is 6.20. The fourth-order valence-corrected chi connectivity index (χ4v) is 5.51. The molecule has 2 aliphatic heterocycles. The van der Waals surface area contributed by atoms with E-state index >= 15 is 0 Å². The number of Topliss-reactive ketones (excluding diaryl/α,β-unsaturated/α-hetero) is 1. The van der Waals surface area contributed by atoms with Crippen molar-refractivity contribution >= 4 is 39.0 Å². The van der Waals surface area contributed by atoms with Gasteiger partial charge in [0.05, 0.1) is 17.1 Å². The number of nitrogens with one attached hydrogen (secondary N) is 1. The van der Waals surface area contributed by atoms with Gasteiger partial charge in [-0.25, -0.2) is 0 Å². The van der Waals surface area contributed by atoms with Crippen LogP contribution >= 0.6 is 15.9 Å². The molecule has 0 unspecified atom stereocenters. The number of amides is 1. The van der Waals surface area contributed by atoms with E-state index in [2.05, 4.69) is 21.2 Å². The molecule has 3 atom stereocenters. The zero-order valence-electron chi connectivity index (χ0n) is 16.9. The molecule has 5 rings (SSSR count). The molecule has 1 amide bonds. The van der Waals surface area contributed by atoms with Gasteiger partial charge >= 0.3 is 0 Å². The maximum absolute atomic E-state index is 13.8. The van der Waals surface area contributed by atoms with Gasteiger partial charge in [0, 0.05) is 40.3 Å².